The summed E-state index contributed by atoms with van der Waals surface area (Å²) in [4.78, 5) is 9.26. The lowest BCUT2D eigenvalue weighted by Crippen LogP contribution is -2.28. The summed E-state index contributed by atoms with van der Waals surface area (Å²) < 4.78 is 16.2. The molecule has 4 bridgehead atoms. The second-order valence-electron chi connectivity index (χ2n) is 8.36. The zero-order chi connectivity index (χ0) is 19.5. The largest absolute Gasteiger partial charge is 0.475 e. The van der Waals surface area contributed by atoms with Crippen LogP contribution in [0.15, 0.2) is 6.20 Å². The first kappa shape index (κ1) is 17.2. The lowest BCUT2D eigenvalue weighted by Gasteiger charge is -2.29. The molecule has 6 rings (SSSR count). The van der Waals surface area contributed by atoms with E-state index in [4.69, 9.17) is 19.6 Å². The second kappa shape index (κ2) is 6.41. The molecule has 3 aromatic heterocycles. The first-order valence-corrected chi connectivity index (χ1v) is 10.5. The van der Waals surface area contributed by atoms with Gasteiger partial charge in [-0.2, -0.15) is 10.1 Å². The van der Waals surface area contributed by atoms with E-state index in [0.29, 0.717) is 36.7 Å². The van der Waals surface area contributed by atoms with Gasteiger partial charge >= 0.3 is 0 Å². The maximum Gasteiger partial charge on any atom is 0.257 e. The van der Waals surface area contributed by atoms with Crippen molar-refractivity contribution in [2.75, 3.05) is 11.9 Å². The molecule has 2 saturated heterocycles. The van der Waals surface area contributed by atoms with Crippen molar-refractivity contribution in [1.29, 1.82) is 0 Å². The van der Waals surface area contributed by atoms with Gasteiger partial charge in [-0.15, -0.1) is 5.10 Å². The standard InChI is InChI=1S/C20H25N7O2/c1-11-16-10-21-20-22-17-12(2)27(13-8-14-4-5-15(9-13)29-14)25-19(17)28-7-3-6-26(24-11)18(16)23-20/h10,13-15H,3-9H2,1-2H3,(H,21,22,23)/t13-,14-,15+. The molecule has 2 fully saturated rings. The van der Waals surface area contributed by atoms with Crippen LogP contribution in [0.1, 0.15) is 49.5 Å². The van der Waals surface area contributed by atoms with Crippen molar-refractivity contribution in [3.8, 4) is 5.88 Å². The Morgan fingerprint density at radius 1 is 1.14 bits per heavy atom. The number of hydrogen-bond acceptors (Lipinski definition) is 7. The highest BCUT2D eigenvalue weighted by Gasteiger charge is 2.37. The quantitative estimate of drug-likeness (QED) is 0.677. The van der Waals surface area contributed by atoms with E-state index in [9.17, 15) is 0 Å². The van der Waals surface area contributed by atoms with E-state index in [1.54, 1.807) is 0 Å². The fourth-order valence-electron chi connectivity index (χ4n) is 4.94. The Labute approximate surface area is 168 Å². The molecular weight excluding hydrogens is 370 g/mol. The highest BCUT2D eigenvalue weighted by Crippen LogP contribution is 2.41. The Hall–Kier alpha value is -2.68. The van der Waals surface area contributed by atoms with Crippen LogP contribution in [-0.2, 0) is 11.3 Å². The third-order valence-corrected chi connectivity index (χ3v) is 6.39. The minimum atomic E-state index is 0.347. The third-order valence-electron chi connectivity index (χ3n) is 6.39. The van der Waals surface area contributed by atoms with Gasteiger partial charge in [0.2, 0.25) is 5.95 Å². The molecule has 9 heteroatoms. The third kappa shape index (κ3) is 2.78. The average Bonchev–Trinajstić information content (AvgIpc) is 3.33. The normalized spacial score (nSPS) is 26.1. The molecule has 0 amide bonds. The van der Waals surface area contributed by atoms with E-state index >= 15 is 0 Å². The van der Waals surface area contributed by atoms with Crippen LogP contribution in [0.25, 0.3) is 11.0 Å². The van der Waals surface area contributed by atoms with Crippen molar-refractivity contribution in [1.82, 2.24) is 29.5 Å². The fraction of sp³-hybridized carbons (Fsp3) is 0.600. The Kier molecular flexibility index (Phi) is 3.80. The number of fused-ring (bicyclic) bond motifs is 4. The summed E-state index contributed by atoms with van der Waals surface area (Å²) in [6.07, 6.45) is 7.76. The Morgan fingerprint density at radius 3 is 2.79 bits per heavy atom. The van der Waals surface area contributed by atoms with Crippen LogP contribution in [0.3, 0.4) is 0 Å². The second-order valence-corrected chi connectivity index (χ2v) is 8.36. The summed E-state index contributed by atoms with van der Waals surface area (Å²) in [5.74, 6) is 1.17. The van der Waals surface area contributed by atoms with Crippen LogP contribution in [0.4, 0.5) is 11.6 Å². The number of hydrogen-bond donors (Lipinski definition) is 1. The molecule has 0 radical (unpaired) electrons. The Bertz CT molecular complexity index is 1080. The maximum absolute atomic E-state index is 6.10. The van der Waals surface area contributed by atoms with E-state index in [0.717, 1.165) is 66.8 Å². The fourth-order valence-corrected chi connectivity index (χ4v) is 4.94. The Morgan fingerprint density at radius 2 is 1.97 bits per heavy atom. The van der Waals surface area contributed by atoms with E-state index < -0.39 is 0 Å². The van der Waals surface area contributed by atoms with Gasteiger partial charge in [-0.1, -0.05) is 0 Å². The number of aryl methyl sites for hydroxylation is 2. The monoisotopic (exact) mass is 395 g/mol. The lowest BCUT2D eigenvalue weighted by molar-refractivity contribution is -0.0186. The highest BCUT2D eigenvalue weighted by molar-refractivity contribution is 5.79. The van der Waals surface area contributed by atoms with Gasteiger partial charge in [0.25, 0.3) is 5.88 Å². The first-order chi connectivity index (χ1) is 14.2. The zero-order valence-electron chi connectivity index (χ0n) is 16.8. The predicted molar refractivity (Wildman–Crippen MR) is 107 cm³/mol. The lowest BCUT2D eigenvalue weighted by atomic mass is 10.0. The molecule has 3 aliphatic rings. The van der Waals surface area contributed by atoms with Crippen LogP contribution in [-0.4, -0.2) is 48.3 Å². The summed E-state index contributed by atoms with van der Waals surface area (Å²) in [6.45, 7) is 5.41. The van der Waals surface area contributed by atoms with Crippen LogP contribution in [0, 0.1) is 13.8 Å². The van der Waals surface area contributed by atoms with Crippen LogP contribution in [0.2, 0.25) is 0 Å². The minimum absolute atomic E-state index is 0.347. The van der Waals surface area contributed by atoms with Gasteiger partial charge in [-0.3, -0.25) is 4.68 Å². The molecule has 3 atom stereocenters. The summed E-state index contributed by atoms with van der Waals surface area (Å²) in [7, 11) is 0. The van der Waals surface area contributed by atoms with Crippen molar-refractivity contribution in [2.24, 2.45) is 0 Å². The van der Waals surface area contributed by atoms with Gasteiger partial charge in [-0.05, 0) is 39.5 Å². The number of anilines is 2. The number of nitrogens with one attached hydrogen (secondary N) is 1. The first-order valence-electron chi connectivity index (χ1n) is 10.5. The highest BCUT2D eigenvalue weighted by atomic mass is 16.5. The molecule has 3 aliphatic heterocycles. The van der Waals surface area contributed by atoms with Crippen molar-refractivity contribution in [3.05, 3.63) is 17.6 Å². The van der Waals surface area contributed by atoms with Gasteiger partial charge < -0.3 is 14.8 Å². The Balaban J connectivity index is 1.40. The van der Waals surface area contributed by atoms with Crippen LogP contribution >= 0.6 is 0 Å². The topological polar surface area (TPSA) is 91.9 Å². The molecule has 29 heavy (non-hydrogen) atoms. The molecule has 0 spiro atoms. The van der Waals surface area contributed by atoms with Crippen LogP contribution in [0.5, 0.6) is 5.88 Å². The maximum atomic E-state index is 6.10. The van der Waals surface area contributed by atoms with Gasteiger partial charge in [0.05, 0.1) is 41.6 Å². The molecule has 3 aromatic rings. The van der Waals surface area contributed by atoms with E-state index in [1.807, 2.05) is 17.8 Å². The number of nitrogens with zero attached hydrogens (tertiary/aromatic N) is 6. The van der Waals surface area contributed by atoms with Crippen molar-refractivity contribution >= 4 is 22.7 Å². The van der Waals surface area contributed by atoms with Gasteiger partial charge in [0, 0.05) is 19.2 Å². The van der Waals surface area contributed by atoms with Crippen molar-refractivity contribution in [2.45, 2.75) is 70.7 Å². The van der Waals surface area contributed by atoms with Gasteiger partial charge in [-0.25, -0.2) is 9.67 Å². The molecule has 6 heterocycles. The number of rotatable bonds is 1. The van der Waals surface area contributed by atoms with Crippen molar-refractivity contribution < 1.29 is 9.47 Å². The summed E-state index contributed by atoms with van der Waals surface area (Å²) in [5.41, 5.74) is 3.71. The molecule has 0 saturated carbocycles. The zero-order valence-corrected chi connectivity index (χ0v) is 16.8. The summed E-state index contributed by atoms with van der Waals surface area (Å²) in [6, 6.07) is 0.347. The average molecular weight is 395 g/mol. The van der Waals surface area contributed by atoms with E-state index in [1.165, 1.54) is 0 Å². The van der Waals surface area contributed by atoms with E-state index in [-0.39, 0.29) is 0 Å². The van der Waals surface area contributed by atoms with Gasteiger partial charge in [0.1, 0.15) is 5.69 Å². The van der Waals surface area contributed by atoms with Crippen molar-refractivity contribution in [3.63, 3.8) is 0 Å². The van der Waals surface area contributed by atoms with Gasteiger partial charge in [0.15, 0.2) is 5.65 Å². The minimum Gasteiger partial charge on any atom is -0.475 e. The number of ether oxygens (including phenoxy) is 2. The molecule has 9 nitrogen and oxygen atoms in total. The summed E-state index contributed by atoms with van der Waals surface area (Å²) in [5, 5.41) is 13.8. The summed E-state index contributed by atoms with van der Waals surface area (Å²) >= 11 is 0. The molecule has 0 unspecified atom stereocenters. The molecule has 152 valence electrons. The number of aromatic nitrogens is 6. The predicted octanol–water partition coefficient (Wildman–Crippen LogP) is 3.05. The van der Waals surface area contributed by atoms with E-state index in [2.05, 4.69) is 27.0 Å². The molecule has 0 aromatic carbocycles. The molecular formula is C20H25N7O2. The molecule has 0 aliphatic carbocycles. The smallest absolute Gasteiger partial charge is 0.257 e. The van der Waals surface area contributed by atoms with Crippen LogP contribution < -0.4 is 10.1 Å². The molecule has 1 N–H and O–H groups in total. The SMILES string of the molecule is Cc1nn2c3nc(ncc13)Nc1c(nn([C@@H]3C[C@H]4CC[C@@H](C3)O4)c1C)OCCC2.